The first-order valence-corrected chi connectivity index (χ1v) is 8.54. The van der Waals surface area contributed by atoms with E-state index in [2.05, 4.69) is 20.9 Å². The van der Waals surface area contributed by atoms with Gasteiger partial charge in [-0.2, -0.15) is 0 Å². The van der Waals surface area contributed by atoms with Crippen molar-refractivity contribution in [2.75, 3.05) is 32.0 Å². The van der Waals surface area contributed by atoms with Crippen molar-refractivity contribution in [3.8, 4) is 0 Å². The molecule has 0 bridgehead atoms. The average molecular weight is 513 g/mol. The molecule has 1 aliphatic heterocycles. The summed E-state index contributed by atoms with van der Waals surface area (Å²) >= 11 is 0. The Morgan fingerprint density at radius 1 is 1.25 bits per heavy atom. The van der Waals surface area contributed by atoms with E-state index in [9.17, 15) is 22.8 Å². The Morgan fingerprint density at radius 3 is 2.61 bits per heavy atom. The van der Waals surface area contributed by atoms with Gasteiger partial charge in [-0.15, -0.1) is 24.0 Å². The predicted molar refractivity (Wildman–Crippen MR) is 110 cm³/mol. The number of aliphatic imine (C=N–C) groups is 1. The number of halogens is 4. The quantitative estimate of drug-likeness (QED) is 0.243. The second kappa shape index (κ2) is 11.1. The van der Waals surface area contributed by atoms with Crippen LogP contribution in [0.25, 0.3) is 0 Å². The molecule has 7 nitrogen and oxygen atoms in total. The normalized spacial score (nSPS) is 16.4. The highest BCUT2D eigenvalue weighted by Gasteiger charge is 2.25. The number of hydrogen-bond acceptors (Lipinski definition) is 3. The summed E-state index contributed by atoms with van der Waals surface area (Å²) in [6.07, 6.45) is 1.19. The molecule has 1 saturated heterocycles. The van der Waals surface area contributed by atoms with E-state index in [-0.39, 0.29) is 42.5 Å². The molecule has 1 aromatic carbocycles. The van der Waals surface area contributed by atoms with Crippen LogP contribution in [0.4, 0.5) is 18.9 Å². The van der Waals surface area contributed by atoms with E-state index >= 15 is 0 Å². The minimum atomic E-state index is -1.65. The third-order valence-corrected chi connectivity index (χ3v) is 4.13. The molecule has 1 aliphatic rings. The van der Waals surface area contributed by atoms with Crippen molar-refractivity contribution in [1.82, 2.24) is 15.5 Å². The van der Waals surface area contributed by atoms with E-state index in [1.807, 2.05) is 0 Å². The van der Waals surface area contributed by atoms with Crippen LogP contribution in [0.5, 0.6) is 0 Å². The van der Waals surface area contributed by atoms with Crippen LogP contribution >= 0.6 is 24.0 Å². The number of benzene rings is 1. The number of anilines is 1. The van der Waals surface area contributed by atoms with E-state index in [0.29, 0.717) is 25.5 Å². The fraction of sp³-hybridized carbons (Fsp3) is 0.471. The number of amides is 2. The number of hydrogen-bond donors (Lipinski definition) is 3. The molecule has 0 spiro atoms. The SMILES string of the molecule is CCC(=O)N1CCC(NC(=NC)NCC(=O)Nc2ccc(F)c(F)c2F)C1.I. The Hall–Kier alpha value is -2.05. The molecule has 0 aliphatic carbocycles. The maximum atomic E-state index is 13.6. The average Bonchev–Trinajstić information content (AvgIpc) is 3.13. The number of nitrogens with one attached hydrogen (secondary N) is 3. The van der Waals surface area contributed by atoms with E-state index in [1.54, 1.807) is 11.8 Å². The highest BCUT2D eigenvalue weighted by atomic mass is 127. The molecule has 1 unspecified atom stereocenters. The van der Waals surface area contributed by atoms with Crippen LogP contribution in [0.2, 0.25) is 0 Å². The number of guanidine groups is 1. The van der Waals surface area contributed by atoms with Crippen LogP contribution in [0.3, 0.4) is 0 Å². The molecule has 1 fully saturated rings. The van der Waals surface area contributed by atoms with Crippen LogP contribution in [-0.2, 0) is 9.59 Å². The van der Waals surface area contributed by atoms with Crippen LogP contribution in [-0.4, -0.2) is 55.4 Å². The lowest BCUT2D eigenvalue weighted by molar-refractivity contribution is -0.129. The van der Waals surface area contributed by atoms with Gasteiger partial charge in [-0.05, 0) is 18.6 Å². The van der Waals surface area contributed by atoms with Crippen LogP contribution in [0.15, 0.2) is 17.1 Å². The first-order chi connectivity index (χ1) is 12.8. The largest absolute Gasteiger partial charge is 0.352 e. The molecule has 2 rings (SSSR count). The standard InChI is InChI=1S/C17H22F3N5O2.HI/c1-3-14(27)25-7-6-10(9-25)23-17(21-2)22-8-13(26)24-12-5-4-11(18)15(19)16(12)20;/h4-5,10H,3,6-9H2,1-2H3,(H,24,26)(H2,21,22,23);1H. The topological polar surface area (TPSA) is 85.8 Å². The van der Waals surface area contributed by atoms with Crippen LogP contribution in [0, 0.1) is 17.5 Å². The molecule has 11 heteroatoms. The Morgan fingerprint density at radius 2 is 1.96 bits per heavy atom. The summed E-state index contributed by atoms with van der Waals surface area (Å²) in [5, 5.41) is 8.02. The second-order valence-electron chi connectivity index (χ2n) is 6.02. The molecule has 3 N–H and O–H groups in total. The zero-order valence-electron chi connectivity index (χ0n) is 15.5. The highest BCUT2D eigenvalue weighted by molar-refractivity contribution is 14.0. The van der Waals surface area contributed by atoms with Crippen molar-refractivity contribution >= 4 is 47.4 Å². The Kier molecular flexibility index (Phi) is 9.49. The van der Waals surface area contributed by atoms with Crippen molar-refractivity contribution in [2.24, 2.45) is 4.99 Å². The fourth-order valence-electron chi connectivity index (χ4n) is 2.70. The van der Waals surface area contributed by atoms with E-state index in [4.69, 9.17) is 0 Å². The lowest BCUT2D eigenvalue weighted by atomic mass is 10.2. The van der Waals surface area contributed by atoms with Crippen molar-refractivity contribution in [3.63, 3.8) is 0 Å². The molecule has 2 amide bonds. The molecule has 0 radical (unpaired) electrons. The monoisotopic (exact) mass is 513 g/mol. The summed E-state index contributed by atoms with van der Waals surface area (Å²) in [5.74, 6) is -4.68. The summed E-state index contributed by atoms with van der Waals surface area (Å²) < 4.78 is 39.7. The van der Waals surface area contributed by atoms with E-state index in [1.165, 1.54) is 7.05 Å². The summed E-state index contributed by atoms with van der Waals surface area (Å²) in [4.78, 5) is 29.3. The zero-order valence-corrected chi connectivity index (χ0v) is 17.9. The molecule has 28 heavy (non-hydrogen) atoms. The minimum Gasteiger partial charge on any atom is -0.352 e. The first-order valence-electron chi connectivity index (χ1n) is 8.54. The second-order valence-corrected chi connectivity index (χ2v) is 6.02. The van der Waals surface area contributed by atoms with Gasteiger partial charge in [0, 0.05) is 32.6 Å². The number of carbonyl (C=O) groups excluding carboxylic acids is 2. The fourth-order valence-corrected chi connectivity index (χ4v) is 2.70. The number of carbonyl (C=O) groups is 2. The van der Waals surface area contributed by atoms with Gasteiger partial charge in [0.1, 0.15) is 0 Å². The van der Waals surface area contributed by atoms with Crippen molar-refractivity contribution in [1.29, 1.82) is 0 Å². The smallest absolute Gasteiger partial charge is 0.243 e. The summed E-state index contributed by atoms with van der Waals surface area (Å²) in [6.45, 7) is 2.73. The van der Waals surface area contributed by atoms with Gasteiger partial charge >= 0.3 is 0 Å². The Balaban J connectivity index is 0.00000392. The van der Waals surface area contributed by atoms with Gasteiger partial charge in [0.15, 0.2) is 23.4 Å². The van der Waals surface area contributed by atoms with Gasteiger partial charge in [-0.3, -0.25) is 14.6 Å². The maximum Gasteiger partial charge on any atom is 0.243 e. The molecule has 1 aromatic rings. The summed E-state index contributed by atoms with van der Waals surface area (Å²) in [6, 6.07) is 1.67. The lowest BCUT2D eigenvalue weighted by Gasteiger charge is -2.18. The van der Waals surface area contributed by atoms with Gasteiger partial charge < -0.3 is 20.9 Å². The van der Waals surface area contributed by atoms with Gasteiger partial charge in [0.25, 0.3) is 0 Å². The maximum absolute atomic E-state index is 13.6. The van der Waals surface area contributed by atoms with Crippen molar-refractivity contribution < 1.29 is 22.8 Å². The van der Waals surface area contributed by atoms with Gasteiger partial charge in [-0.1, -0.05) is 6.92 Å². The molecule has 1 atom stereocenters. The summed E-state index contributed by atoms with van der Waals surface area (Å²) in [5.41, 5.74) is -0.451. The Bertz CT molecular complexity index is 748. The number of rotatable bonds is 5. The Labute approximate surface area is 178 Å². The van der Waals surface area contributed by atoms with Gasteiger partial charge in [0.2, 0.25) is 11.8 Å². The molecule has 0 aromatic heterocycles. The van der Waals surface area contributed by atoms with Crippen LogP contribution in [0.1, 0.15) is 19.8 Å². The molecular formula is C17H23F3IN5O2. The van der Waals surface area contributed by atoms with Crippen molar-refractivity contribution in [2.45, 2.75) is 25.8 Å². The minimum absolute atomic E-state index is 0. The summed E-state index contributed by atoms with van der Waals surface area (Å²) in [7, 11) is 1.52. The number of likely N-dealkylation sites (tertiary alicyclic amines) is 1. The van der Waals surface area contributed by atoms with Crippen LogP contribution < -0.4 is 16.0 Å². The highest BCUT2D eigenvalue weighted by Crippen LogP contribution is 2.19. The molecule has 0 saturated carbocycles. The van der Waals surface area contributed by atoms with Gasteiger partial charge in [0.05, 0.1) is 12.2 Å². The molecular weight excluding hydrogens is 490 g/mol. The van der Waals surface area contributed by atoms with Gasteiger partial charge in [-0.25, -0.2) is 13.2 Å². The van der Waals surface area contributed by atoms with E-state index < -0.39 is 29.0 Å². The zero-order chi connectivity index (χ0) is 20.0. The third kappa shape index (κ3) is 6.24. The first kappa shape index (κ1) is 24.0. The molecule has 156 valence electrons. The van der Waals surface area contributed by atoms with E-state index in [0.717, 1.165) is 18.6 Å². The predicted octanol–water partition coefficient (Wildman–Crippen LogP) is 1.84. The molecule has 1 heterocycles. The van der Waals surface area contributed by atoms with Crippen molar-refractivity contribution in [3.05, 3.63) is 29.6 Å². The third-order valence-electron chi connectivity index (χ3n) is 4.13. The lowest BCUT2D eigenvalue weighted by Crippen LogP contribution is -2.47. The number of nitrogens with zero attached hydrogens (tertiary/aromatic N) is 2.